The van der Waals surface area contributed by atoms with Gasteiger partial charge in [-0.15, -0.1) is 0 Å². The summed E-state index contributed by atoms with van der Waals surface area (Å²) in [5, 5.41) is 0. The molecule has 16 heavy (non-hydrogen) atoms. The first-order valence-electron chi connectivity index (χ1n) is 5.89. The number of nitrogens with two attached hydrogens (primary N) is 2. The quantitative estimate of drug-likeness (QED) is 0.660. The first-order chi connectivity index (χ1) is 7.59. The lowest BCUT2D eigenvalue weighted by atomic mass is 9.99. The number of hydrogen-bond acceptors (Lipinski definition) is 3. The summed E-state index contributed by atoms with van der Waals surface area (Å²) < 4.78 is 0. The van der Waals surface area contributed by atoms with Crippen LogP contribution in [0.4, 0.5) is 0 Å². The molecule has 1 atom stereocenters. The monoisotopic (exact) mass is 227 g/mol. The van der Waals surface area contributed by atoms with Crippen molar-refractivity contribution < 1.29 is 9.59 Å². The van der Waals surface area contributed by atoms with Gasteiger partial charge in [-0.2, -0.15) is 0 Å². The van der Waals surface area contributed by atoms with E-state index in [-0.39, 0.29) is 6.42 Å². The molecule has 4 N–H and O–H groups in total. The number of likely N-dealkylation sites (tertiary alicyclic amines) is 1. The van der Waals surface area contributed by atoms with Crippen molar-refractivity contribution in [2.24, 2.45) is 17.4 Å². The minimum absolute atomic E-state index is 0.0726. The molecule has 1 rings (SSSR count). The number of rotatable bonds is 6. The third kappa shape index (κ3) is 4.61. The Balaban J connectivity index is 2.30. The first kappa shape index (κ1) is 13.0. The maximum atomic E-state index is 11.1. The SMILES string of the molecule is NC(=O)CC(CCN1CCCCC1)C(N)=O. The number of piperidine rings is 1. The minimum Gasteiger partial charge on any atom is -0.370 e. The number of carbonyl (C=O) groups is 2. The molecule has 0 saturated carbocycles. The van der Waals surface area contributed by atoms with Gasteiger partial charge in [0.25, 0.3) is 0 Å². The standard InChI is InChI=1S/C11H21N3O2/c12-10(15)8-9(11(13)16)4-7-14-5-2-1-3-6-14/h9H,1-8H2,(H2,12,15)(H2,13,16). The summed E-state index contributed by atoms with van der Waals surface area (Å²) in [5.74, 6) is -1.28. The molecular weight excluding hydrogens is 206 g/mol. The van der Waals surface area contributed by atoms with E-state index < -0.39 is 17.7 Å². The van der Waals surface area contributed by atoms with E-state index in [4.69, 9.17) is 11.5 Å². The van der Waals surface area contributed by atoms with Crippen molar-refractivity contribution >= 4 is 11.8 Å². The Hall–Kier alpha value is -1.10. The van der Waals surface area contributed by atoms with Gasteiger partial charge in [-0.25, -0.2) is 0 Å². The van der Waals surface area contributed by atoms with Gasteiger partial charge in [0.15, 0.2) is 0 Å². The van der Waals surface area contributed by atoms with Crippen molar-refractivity contribution in [1.82, 2.24) is 4.90 Å². The molecule has 0 spiro atoms. The average Bonchev–Trinajstić information content (AvgIpc) is 2.25. The second-order valence-corrected chi connectivity index (χ2v) is 4.46. The zero-order valence-corrected chi connectivity index (χ0v) is 9.65. The Bertz CT molecular complexity index is 250. The summed E-state index contributed by atoms with van der Waals surface area (Å²) in [5.41, 5.74) is 10.3. The van der Waals surface area contributed by atoms with Crippen LogP contribution in [0.15, 0.2) is 0 Å². The molecule has 0 aromatic rings. The summed E-state index contributed by atoms with van der Waals surface area (Å²) in [6.07, 6.45) is 4.44. The normalized spacial score (nSPS) is 19.2. The number of nitrogens with zero attached hydrogens (tertiary/aromatic N) is 1. The van der Waals surface area contributed by atoms with E-state index in [9.17, 15) is 9.59 Å². The van der Waals surface area contributed by atoms with Crippen LogP contribution in [0.25, 0.3) is 0 Å². The molecule has 5 nitrogen and oxygen atoms in total. The molecular formula is C11H21N3O2. The molecule has 0 aromatic carbocycles. The van der Waals surface area contributed by atoms with Gasteiger partial charge in [0.05, 0.1) is 0 Å². The third-order valence-corrected chi connectivity index (χ3v) is 3.09. The van der Waals surface area contributed by atoms with Gasteiger partial charge in [0.1, 0.15) is 0 Å². The minimum atomic E-state index is -0.456. The highest BCUT2D eigenvalue weighted by Crippen LogP contribution is 2.13. The molecule has 1 heterocycles. The topological polar surface area (TPSA) is 89.4 Å². The zero-order valence-electron chi connectivity index (χ0n) is 9.65. The number of carbonyl (C=O) groups excluding carboxylic acids is 2. The summed E-state index contributed by atoms with van der Waals surface area (Å²) in [6, 6.07) is 0. The van der Waals surface area contributed by atoms with Gasteiger partial charge in [0.2, 0.25) is 11.8 Å². The average molecular weight is 227 g/mol. The molecule has 92 valence electrons. The van der Waals surface area contributed by atoms with E-state index in [1.165, 1.54) is 19.3 Å². The van der Waals surface area contributed by atoms with Crippen LogP contribution in [0.5, 0.6) is 0 Å². The summed E-state index contributed by atoms with van der Waals surface area (Å²) in [6.45, 7) is 3.00. The molecule has 1 fully saturated rings. The Kier molecular flexibility index (Phi) is 5.25. The second-order valence-electron chi connectivity index (χ2n) is 4.46. The molecule has 5 heteroatoms. The Labute approximate surface area is 96.1 Å². The van der Waals surface area contributed by atoms with Crippen LogP contribution in [-0.2, 0) is 9.59 Å². The van der Waals surface area contributed by atoms with Gasteiger partial charge >= 0.3 is 0 Å². The Morgan fingerprint density at radius 3 is 2.25 bits per heavy atom. The van der Waals surface area contributed by atoms with Gasteiger partial charge in [0, 0.05) is 12.3 Å². The molecule has 0 aromatic heterocycles. The number of hydrogen-bond donors (Lipinski definition) is 2. The van der Waals surface area contributed by atoms with E-state index in [0.29, 0.717) is 6.42 Å². The van der Waals surface area contributed by atoms with Gasteiger partial charge < -0.3 is 16.4 Å². The molecule has 0 radical (unpaired) electrons. The maximum absolute atomic E-state index is 11.1. The molecule has 2 amide bonds. The van der Waals surface area contributed by atoms with Crippen LogP contribution in [0, 0.1) is 5.92 Å². The zero-order chi connectivity index (χ0) is 12.0. The largest absolute Gasteiger partial charge is 0.370 e. The molecule has 1 saturated heterocycles. The van der Waals surface area contributed by atoms with Crippen LogP contribution < -0.4 is 11.5 Å². The van der Waals surface area contributed by atoms with Crippen molar-refractivity contribution in [3.63, 3.8) is 0 Å². The molecule has 0 aliphatic carbocycles. The van der Waals surface area contributed by atoms with Crippen molar-refractivity contribution in [3.05, 3.63) is 0 Å². The van der Waals surface area contributed by atoms with E-state index in [1.54, 1.807) is 0 Å². The lowest BCUT2D eigenvalue weighted by molar-refractivity contribution is -0.127. The van der Waals surface area contributed by atoms with Crippen LogP contribution in [0.2, 0.25) is 0 Å². The lowest BCUT2D eigenvalue weighted by Gasteiger charge is -2.27. The van der Waals surface area contributed by atoms with Gasteiger partial charge in [-0.3, -0.25) is 9.59 Å². The van der Waals surface area contributed by atoms with Gasteiger partial charge in [-0.05, 0) is 38.9 Å². The highest BCUT2D eigenvalue weighted by atomic mass is 16.2. The van der Waals surface area contributed by atoms with E-state index in [2.05, 4.69) is 4.90 Å². The van der Waals surface area contributed by atoms with Crippen molar-refractivity contribution in [1.29, 1.82) is 0 Å². The van der Waals surface area contributed by atoms with Crippen LogP contribution in [0.1, 0.15) is 32.1 Å². The van der Waals surface area contributed by atoms with Gasteiger partial charge in [-0.1, -0.05) is 6.42 Å². The Morgan fingerprint density at radius 1 is 1.12 bits per heavy atom. The number of primary amides is 2. The highest BCUT2D eigenvalue weighted by molar-refractivity contribution is 5.83. The first-order valence-corrected chi connectivity index (χ1v) is 5.89. The predicted molar refractivity (Wildman–Crippen MR) is 61.4 cm³/mol. The molecule has 1 aliphatic heterocycles. The fraction of sp³-hybridized carbons (Fsp3) is 0.818. The van der Waals surface area contributed by atoms with Crippen molar-refractivity contribution in [2.45, 2.75) is 32.1 Å². The lowest BCUT2D eigenvalue weighted by Crippen LogP contribution is -2.35. The van der Waals surface area contributed by atoms with E-state index >= 15 is 0 Å². The summed E-state index contributed by atoms with van der Waals surface area (Å²) in [7, 11) is 0. The molecule has 1 aliphatic rings. The maximum Gasteiger partial charge on any atom is 0.221 e. The number of amides is 2. The highest BCUT2D eigenvalue weighted by Gasteiger charge is 2.19. The molecule has 1 unspecified atom stereocenters. The molecule has 0 bridgehead atoms. The van der Waals surface area contributed by atoms with Crippen molar-refractivity contribution in [2.75, 3.05) is 19.6 Å². The van der Waals surface area contributed by atoms with Crippen LogP contribution in [0.3, 0.4) is 0 Å². The van der Waals surface area contributed by atoms with Crippen LogP contribution in [-0.4, -0.2) is 36.3 Å². The Morgan fingerprint density at radius 2 is 1.75 bits per heavy atom. The second kappa shape index (κ2) is 6.48. The van der Waals surface area contributed by atoms with Crippen molar-refractivity contribution in [3.8, 4) is 0 Å². The fourth-order valence-corrected chi connectivity index (χ4v) is 2.11. The fourth-order valence-electron chi connectivity index (χ4n) is 2.11. The smallest absolute Gasteiger partial charge is 0.221 e. The van der Waals surface area contributed by atoms with E-state index in [1.807, 2.05) is 0 Å². The third-order valence-electron chi connectivity index (χ3n) is 3.09. The summed E-state index contributed by atoms with van der Waals surface area (Å²) in [4.78, 5) is 24.2. The van der Waals surface area contributed by atoms with Crippen LogP contribution >= 0.6 is 0 Å². The van der Waals surface area contributed by atoms with E-state index in [0.717, 1.165) is 19.6 Å². The summed E-state index contributed by atoms with van der Waals surface area (Å²) >= 11 is 0. The predicted octanol–water partition coefficient (Wildman–Crippen LogP) is -0.161.